The molecule has 0 spiro atoms. The van der Waals surface area contributed by atoms with Crippen molar-refractivity contribution in [3.63, 3.8) is 0 Å². The lowest BCUT2D eigenvalue weighted by Crippen LogP contribution is -2.00. The Morgan fingerprint density at radius 3 is 2.25 bits per heavy atom. The van der Waals surface area contributed by atoms with E-state index in [0.29, 0.717) is 17.9 Å². The Kier molecular flexibility index (Phi) is 4.92. The molecular formula is C21H18O3. The molecule has 0 fully saturated rings. The number of hydrogen-bond acceptors (Lipinski definition) is 3. The average Bonchev–Trinajstić information content (AvgIpc) is 2.67. The van der Waals surface area contributed by atoms with Crippen LogP contribution < -0.4 is 9.47 Å². The molecule has 0 atom stereocenters. The van der Waals surface area contributed by atoms with Gasteiger partial charge >= 0.3 is 0 Å². The molecule has 0 heterocycles. The second-order valence-electron chi connectivity index (χ2n) is 5.37. The molecule has 0 saturated heterocycles. The van der Waals surface area contributed by atoms with Gasteiger partial charge in [-0.3, -0.25) is 4.79 Å². The predicted molar refractivity (Wildman–Crippen MR) is 94.6 cm³/mol. The van der Waals surface area contributed by atoms with Crippen LogP contribution in [0, 0.1) is 0 Å². The summed E-state index contributed by atoms with van der Waals surface area (Å²) in [5.41, 5.74) is 3.76. The minimum absolute atomic E-state index is 0.343. The normalized spacial score (nSPS) is 10.2. The average molecular weight is 318 g/mol. The minimum atomic E-state index is 0.343. The van der Waals surface area contributed by atoms with E-state index in [2.05, 4.69) is 12.1 Å². The van der Waals surface area contributed by atoms with E-state index >= 15 is 0 Å². The van der Waals surface area contributed by atoms with Crippen LogP contribution in [0.4, 0.5) is 0 Å². The molecule has 0 N–H and O–H groups in total. The monoisotopic (exact) mass is 318 g/mol. The number of hydrogen-bond donors (Lipinski definition) is 0. The molecule has 0 saturated carbocycles. The zero-order valence-electron chi connectivity index (χ0n) is 13.4. The molecule has 0 aromatic heterocycles. The maximum Gasteiger partial charge on any atom is 0.150 e. The van der Waals surface area contributed by atoms with Crippen molar-refractivity contribution in [2.24, 2.45) is 0 Å². The highest BCUT2D eigenvalue weighted by Crippen LogP contribution is 2.24. The van der Waals surface area contributed by atoms with Gasteiger partial charge in [-0.2, -0.15) is 0 Å². The van der Waals surface area contributed by atoms with Gasteiger partial charge in [0, 0.05) is 11.1 Å². The largest absolute Gasteiger partial charge is 0.496 e. The molecule has 24 heavy (non-hydrogen) atoms. The van der Waals surface area contributed by atoms with Gasteiger partial charge in [0.05, 0.1) is 7.11 Å². The molecule has 0 bridgehead atoms. The summed E-state index contributed by atoms with van der Waals surface area (Å²) in [4.78, 5) is 10.9. The Labute approximate surface area is 141 Å². The summed E-state index contributed by atoms with van der Waals surface area (Å²) in [6, 6.07) is 23.4. The molecule has 0 radical (unpaired) electrons. The van der Waals surface area contributed by atoms with Crippen LogP contribution in [0.1, 0.15) is 15.9 Å². The van der Waals surface area contributed by atoms with E-state index in [1.807, 2.05) is 42.5 Å². The van der Waals surface area contributed by atoms with Gasteiger partial charge in [-0.15, -0.1) is 0 Å². The topological polar surface area (TPSA) is 35.5 Å². The third kappa shape index (κ3) is 3.63. The number of carbonyl (C=O) groups excluding carboxylic acids is 1. The third-order valence-corrected chi connectivity index (χ3v) is 3.80. The van der Waals surface area contributed by atoms with E-state index in [9.17, 15) is 4.79 Å². The maximum atomic E-state index is 10.9. The fourth-order valence-corrected chi connectivity index (χ4v) is 2.52. The second kappa shape index (κ2) is 7.47. The van der Waals surface area contributed by atoms with E-state index < -0.39 is 0 Å². The first-order valence-corrected chi connectivity index (χ1v) is 7.70. The molecule has 0 aliphatic carbocycles. The Hall–Kier alpha value is -3.07. The number of carbonyl (C=O) groups is 1. The lowest BCUT2D eigenvalue weighted by atomic mass is 10.1. The van der Waals surface area contributed by atoms with Gasteiger partial charge in [-0.25, -0.2) is 0 Å². The van der Waals surface area contributed by atoms with Gasteiger partial charge in [0.15, 0.2) is 0 Å². The molecule has 3 nitrogen and oxygen atoms in total. The molecule has 0 aliphatic heterocycles. The fourth-order valence-electron chi connectivity index (χ4n) is 2.52. The number of ether oxygens (including phenoxy) is 2. The van der Waals surface area contributed by atoms with Crippen molar-refractivity contribution in [2.45, 2.75) is 6.61 Å². The molecule has 0 aliphatic rings. The van der Waals surface area contributed by atoms with E-state index in [-0.39, 0.29) is 0 Å². The molecule has 0 amide bonds. The van der Waals surface area contributed by atoms with Crippen molar-refractivity contribution in [3.8, 4) is 22.6 Å². The van der Waals surface area contributed by atoms with Gasteiger partial charge in [-0.1, -0.05) is 42.5 Å². The Bertz CT molecular complexity index is 808. The first-order chi connectivity index (χ1) is 11.8. The summed E-state index contributed by atoms with van der Waals surface area (Å²) >= 11 is 0. The van der Waals surface area contributed by atoms with Crippen LogP contribution in [-0.2, 0) is 6.61 Å². The van der Waals surface area contributed by atoms with Crippen molar-refractivity contribution in [3.05, 3.63) is 83.9 Å². The van der Waals surface area contributed by atoms with Crippen LogP contribution in [0.15, 0.2) is 72.8 Å². The highest BCUT2D eigenvalue weighted by Gasteiger charge is 2.06. The van der Waals surface area contributed by atoms with E-state index in [0.717, 1.165) is 23.2 Å². The van der Waals surface area contributed by atoms with E-state index in [1.54, 1.807) is 25.3 Å². The molecule has 3 heteroatoms. The predicted octanol–water partition coefficient (Wildman–Crippen LogP) is 4.75. The van der Waals surface area contributed by atoms with Crippen molar-refractivity contribution in [1.29, 1.82) is 0 Å². The van der Waals surface area contributed by atoms with Gasteiger partial charge < -0.3 is 9.47 Å². The van der Waals surface area contributed by atoms with Crippen LogP contribution in [0.25, 0.3) is 11.1 Å². The van der Waals surface area contributed by atoms with Crippen LogP contribution in [0.5, 0.6) is 11.5 Å². The number of benzene rings is 3. The van der Waals surface area contributed by atoms with Crippen molar-refractivity contribution in [1.82, 2.24) is 0 Å². The van der Waals surface area contributed by atoms with E-state index in [1.165, 1.54) is 5.56 Å². The summed E-state index contributed by atoms with van der Waals surface area (Å²) < 4.78 is 11.1. The van der Waals surface area contributed by atoms with Crippen molar-refractivity contribution in [2.75, 3.05) is 7.11 Å². The third-order valence-electron chi connectivity index (χ3n) is 3.80. The Morgan fingerprint density at radius 2 is 1.58 bits per heavy atom. The smallest absolute Gasteiger partial charge is 0.150 e. The Balaban J connectivity index is 1.72. The van der Waals surface area contributed by atoms with Gasteiger partial charge in [0.2, 0.25) is 0 Å². The van der Waals surface area contributed by atoms with Crippen LogP contribution in [0.3, 0.4) is 0 Å². The zero-order chi connectivity index (χ0) is 16.8. The number of aldehydes is 1. The number of methoxy groups -OCH3 is 1. The molecular weight excluding hydrogens is 300 g/mol. The zero-order valence-corrected chi connectivity index (χ0v) is 13.4. The van der Waals surface area contributed by atoms with E-state index in [4.69, 9.17) is 9.47 Å². The molecule has 0 unspecified atom stereocenters. The fraction of sp³-hybridized carbons (Fsp3) is 0.0952. The van der Waals surface area contributed by atoms with Gasteiger partial charge in [-0.05, 0) is 41.5 Å². The van der Waals surface area contributed by atoms with Crippen LogP contribution in [0.2, 0.25) is 0 Å². The second-order valence-corrected chi connectivity index (χ2v) is 5.37. The van der Waals surface area contributed by atoms with Gasteiger partial charge in [0.1, 0.15) is 24.4 Å². The maximum absolute atomic E-state index is 10.9. The lowest BCUT2D eigenvalue weighted by Gasteiger charge is -2.11. The Morgan fingerprint density at radius 1 is 0.875 bits per heavy atom. The summed E-state index contributed by atoms with van der Waals surface area (Å²) in [5, 5.41) is 0. The first-order valence-electron chi connectivity index (χ1n) is 7.70. The molecule has 3 aromatic carbocycles. The van der Waals surface area contributed by atoms with Crippen LogP contribution >= 0.6 is 0 Å². The van der Waals surface area contributed by atoms with Crippen LogP contribution in [-0.4, -0.2) is 13.4 Å². The summed E-state index contributed by atoms with van der Waals surface area (Å²) in [7, 11) is 1.61. The molecule has 3 aromatic rings. The molecule has 3 rings (SSSR count). The summed E-state index contributed by atoms with van der Waals surface area (Å²) in [5.74, 6) is 1.48. The van der Waals surface area contributed by atoms with Gasteiger partial charge in [0.25, 0.3) is 0 Å². The van der Waals surface area contributed by atoms with Crippen molar-refractivity contribution >= 4 is 6.29 Å². The standard InChI is InChI=1S/C21H18O3/c1-23-21-12-7-16(14-22)13-19(21)15-24-20-10-8-18(9-11-20)17-5-3-2-4-6-17/h2-14H,15H2,1H3. The quantitative estimate of drug-likeness (QED) is 0.615. The lowest BCUT2D eigenvalue weighted by molar-refractivity contribution is 0.112. The summed E-state index contributed by atoms with van der Waals surface area (Å²) in [6.45, 7) is 0.343. The first kappa shape index (κ1) is 15.8. The highest BCUT2D eigenvalue weighted by molar-refractivity contribution is 5.75. The minimum Gasteiger partial charge on any atom is -0.496 e. The SMILES string of the molecule is COc1ccc(C=O)cc1COc1ccc(-c2ccccc2)cc1. The molecule has 120 valence electrons. The number of rotatable bonds is 6. The summed E-state index contributed by atoms with van der Waals surface area (Å²) in [6.07, 6.45) is 0.817. The highest BCUT2D eigenvalue weighted by atomic mass is 16.5. The van der Waals surface area contributed by atoms with Crippen molar-refractivity contribution < 1.29 is 14.3 Å².